The molecule has 1 saturated heterocycles. The van der Waals surface area contributed by atoms with Crippen LogP contribution < -0.4 is 4.90 Å². The molecule has 180 valence electrons. The zero-order chi connectivity index (χ0) is 24.6. The minimum atomic E-state index is -0.334. The number of nitrogens with zero attached hydrogens (tertiary/aromatic N) is 3. The number of piperidine rings is 1. The van der Waals surface area contributed by atoms with Gasteiger partial charge in [-0.3, -0.25) is 9.69 Å². The first kappa shape index (κ1) is 23.9. The molecule has 0 unspecified atom stereocenters. The van der Waals surface area contributed by atoms with Crippen molar-refractivity contribution in [1.29, 1.82) is 0 Å². The number of benzene rings is 2. The molecule has 3 aromatic rings. The number of amides is 1. The van der Waals surface area contributed by atoms with Crippen LogP contribution in [0.2, 0.25) is 10.3 Å². The quantitative estimate of drug-likeness (QED) is 0.380. The third kappa shape index (κ3) is 4.83. The maximum atomic E-state index is 14.3. The van der Waals surface area contributed by atoms with Crippen molar-refractivity contribution in [3.63, 3.8) is 0 Å². The van der Waals surface area contributed by atoms with E-state index in [2.05, 4.69) is 9.88 Å². The summed E-state index contributed by atoms with van der Waals surface area (Å²) in [4.78, 5) is 21.3. The molecular formula is C27H23Cl2F2N3O. The highest BCUT2D eigenvalue weighted by Crippen LogP contribution is 2.47. The third-order valence-electron chi connectivity index (χ3n) is 6.92. The lowest BCUT2D eigenvalue weighted by Crippen LogP contribution is -2.46. The van der Waals surface area contributed by atoms with Crippen LogP contribution in [0.4, 0.5) is 14.5 Å². The molecule has 8 heteroatoms. The monoisotopic (exact) mass is 513 g/mol. The Bertz CT molecular complexity index is 1290. The van der Waals surface area contributed by atoms with Gasteiger partial charge in [0, 0.05) is 35.3 Å². The number of carbonyl (C=O) groups is 1. The summed E-state index contributed by atoms with van der Waals surface area (Å²) >= 11 is 12.0. The molecule has 1 spiro atoms. The molecule has 1 amide bonds. The number of aromatic nitrogens is 1. The Morgan fingerprint density at radius 2 is 1.74 bits per heavy atom. The number of pyridine rings is 1. The van der Waals surface area contributed by atoms with Crippen molar-refractivity contribution in [2.45, 2.75) is 18.3 Å². The van der Waals surface area contributed by atoms with Gasteiger partial charge < -0.3 is 4.90 Å². The Hall–Kier alpha value is -2.80. The van der Waals surface area contributed by atoms with E-state index in [1.54, 1.807) is 35.2 Å². The minimum Gasteiger partial charge on any atom is -0.307 e. The molecule has 4 nitrogen and oxygen atoms in total. The lowest BCUT2D eigenvalue weighted by Gasteiger charge is -2.39. The average molecular weight is 514 g/mol. The van der Waals surface area contributed by atoms with Crippen molar-refractivity contribution in [3.8, 4) is 0 Å². The zero-order valence-corrected chi connectivity index (χ0v) is 20.4. The first-order valence-electron chi connectivity index (χ1n) is 11.4. The summed E-state index contributed by atoms with van der Waals surface area (Å²) in [6.07, 6.45) is 5.31. The summed E-state index contributed by atoms with van der Waals surface area (Å²) in [5.41, 5.74) is 2.15. The van der Waals surface area contributed by atoms with Crippen LogP contribution in [0.15, 0.2) is 60.7 Å². The number of anilines is 1. The second-order valence-corrected chi connectivity index (χ2v) is 9.83. The van der Waals surface area contributed by atoms with E-state index in [0.717, 1.165) is 31.5 Å². The molecule has 0 bridgehead atoms. The Morgan fingerprint density at radius 3 is 2.46 bits per heavy atom. The van der Waals surface area contributed by atoms with Crippen LogP contribution in [-0.2, 0) is 5.41 Å². The van der Waals surface area contributed by atoms with Crippen LogP contribution >= 0.6 is 23.2 Å². The van der Waals surface area contributed by atoms with Crippen LogP contribution in [0, 0.1) is 11.6 Å². The molecule has 1 fully saturated rings. The molecular weight excluding hydrogens is 491 g/mol. The summed E-state index contributed by atoms with van der Waals surface area (Å²) in [6.45, 7) is 2.72. The van der Waals surface area contributed by atoms with Gasteiger partial charge in [0.1, 0.15) is 21.9 Å². The van der Waals surface area contributed by atoms with Crippen molar-refractivity contribution >= 4 is 40.9 Å². The van der Waals surface area contributed by atoms with Gasteiger partial charge in [0.25, 0.3) is 5.91 Å². The second-order valence-electron chi connectivity index (χ2n) is 9.06. The maximum Gasteiger partial charge on any atom is 0.258 e. The van der Waals surface area contributed by atoms with E-state index in [-0.39, 0.29) is 33.3 Å². The van der Waals surface area contributed by atoms with Gasteiger partial charge in [0.2, 0.25) is 0 Å². The molecule has 0 radical (unpaired) electrons. The predicted molar refractivity (Wildman–Crippen MR) is 135 cm³/mol. The first-order chi connectivity index (χ1) is 16.8. The molecule has 1 aromatic heterocycles. The fourth-order valence-corrected chi connectivity index (χ4v) is 5.56. The second kappa shape index (κ2) is 9.69. The average Bonchev–Trinajstić information content (AvgIpc) is 3.13. The minimum absolute atomic E-state index is 0.144. The molecule has 35 heavy (non-hydrogen) atoms. The molecule has 2 aliphatic rings. The summed E-state index contributed by atoms with van der Waals surface area (Å²) < 4.78 is 28.1. The van der Waals surface area contributed by atoms with E-state index in [0.29, 0.717) is 29.9 Å². The largest absolute Gasteiger partial charge is 0.307 e. The SMILES string of the molecule is O=C(c1cc(Cl)nc(Cl)c1)N1CC2(CCN(C/C=C/c3ccccc3F)CC2)c2cc(F)ccc21. The Morgan fingerprint density at radius 1 is 1.03 bits per heavy atom. The fraction of sp³-hybridized carbons (Fsp3) is 0.259. The van der Waals surface area contributed by atoms with Gasteiger partial charge in [-0.2, -0.15) is 0 Å². The number of hydrogen-bond acceptors (Lipinski definition) is 3. The molecule has 0 saturated carbocycles. The van der Waals surface area contributed by atoms with Gasteiger partial charge in [-0.1, -0.05) is 53.6 Å². The van der Waals surface area contributed by atoms with Crippen molar-refractivity contribution in [2.24, 2.45) is 0 Å². The van der Waals surface area contributed by atoms with Crippen molar-refractivity contribution in [2.75, 3.05) is 31.1 Å². The zero-order valence-electron chi connectivity index (χ0n) is 18.9. The van der Waals surface area contributed by atoms with Gasteiger partial charge in [0.15, 0.2) is 0 Å². The Balaban J connectivity index is 1.34. The van der Waals surface area contributed by atoms with Crippen molar-refractivity contribution in [3.05, 3.63) is 99.3 Å². The fourth-order valence-electron chi connectivity index (χ4n) is 5.10. The lowest BCUT2D eigenvalue weighted by molar-refractivity contribution is 0.0977. The van der Waals surface area contributed by atoms with Gasteiger partial charge in [-0.15, -0.1) is 0 Å². The molecule has 2 aliphatic heterocycles. The summed E-state index contributed by atoms with van der Waals surface area (Å²) in [5.74, 6) is -0.800. The maximum absolute atomic E-state index is 14.3. The first-order valence-corrected chi connectivity index (χ1v) is 12.2. The predicted octanol–water partition coefficient (Wildman–Crippen LogP) is 6.37. The van der Waals surface area contributed by atoms with E-state index in [9.17, 15) is 13.6 Å². The van der Waals surface area contributed by atoms with E-state index in [1.807, 2.05) is 12.1 Å². The van der Waals surface area contributed by atoms with Crippen LogP contribution in [0.5, 0.6) is 0 Å². The van der Waals surface area contributed by atoms with Crippen LogP contribution in [0.1, 0.15) is 34.3 Å². The molecule has 5 rings (SSSR count). The topological polar surface area (TPSA) is 36.4 Å². The van der Waals surface area contributed by atoms with E-state index in [4.69, 9.17) is 23.2 Å². The lowest BCUT2D eigenvalue weighted by atomic mass is 9.74. The highest BCUT2D eigenvalue weighted by atomic mass is 35.5. The van der Waals surface area contributed by atoms with Crippen molar-refractivity contribution in [1.82, 2.24) is 9.88 Å². The number of likely N-dealkylation sites (tertiary alicyclic amines) is 1. The highest BCUT2D eigenvalue weighted by molar-refractivity contribution is 6.33. The Kier molecular flexibility index (Phi) is 6.62. The smallest absolute Gasteiger partial charge is 0.258 e. The normalized spacial score (nSPS) is 17.3. The molecule has 0 atom stereocenters. The molecule has 2 aromatic carbocycles. The van der Waals surface area contributed by atoms with E-state index < -0.39 is 0 Å². The van der Waals surface area contributed by atoms with Gasteiger partial charge in [-0.25, -0.2) is 13.8 Å². The third-order valence-corrected chi connectivity index (χ3v) is 7.30. The van der Waals surface area contributed by atoms with Crippen LogP contribution in [0.25, 0.3) is 6.08 Å². The number of halogens is 4. The molecule has 3 heterocycles. The highest BCUT2D eigenvalue weighted by Gasteiger charge is 2.46. The molecule has 0 aliphatic carbocycles. The van der Waals surface area contributed by atoms with E-state index in [1.165, 1.54) is 24.3 Å². The Labute approximate surface area is 212 Å². The van der Waals surface area contributed by atoms with E-state index >= 15 is 0 Å². The summed E-state index contributed by atoms with van der Waals surface area (Å²) in [6, 6.07) is 14.3. The number of hydrogen-bond donors (Lipinski definition) is 0. The number of fused-ring (bicyclic) bond motifs is 2. The van der Waals surface area contributed by atoms with Crippen molar-refractivity contribution < 1.29 is 13.6 Å². The molecule has 0 N–H and O–H groups in total. The van der Waals surface area contributed by atoms with Gasteiger partial charge in [-0.05, 0) is 67.9 Å². The number of rotatable bonds is 4. The van der Waals surface area contributed by atoms with Gasteiger partial charge in [0.05, 0.1) is 0 Å². The van der Waals surface area contributed by atoms with Gasteiger partial charge >= 0.3 is 0 Å². The summed E-state index contributed by atoms with van der Waals surface area (Å²) in [5, 5.41) is 0.289. The van der Waals surface area contributed by atoms with Crippen LogP contribution in [-0.4, -0.2) is 42.0 Å². The van der Waals surface area contributed by atoms with Crippen LogP contribution in [0.3, 0.4) is 0 Å². The summed E-state index contributed by atoms with van der Waals surface area (Å²) in [7, 11) is 0. The standard InChI is InChI=1S/C27H23Cl2F2N3O/c28-24-14-19(15-25(29)32-24)26(35)34-17-27(21-16-20(30)7-8-23(21)34)9-12-33(13-10-27)11-3-5-18-4-1-2-6-22(18)31/h1-8,14-16H,9-13,17H2/b5-3+. The number of carbonyl (C=O) groups excluding carboxylic acids is 1.